The van der Waals surface area contributed by atoms with Crippen LogP contribution in [0.1, 0.15) is 0 Å². The molecule has 2 rings (SSSR count). The predicted octanol–water partition coefficient (Wildman–Crippen LogP) is 2.12. The molecule has 1 N–H and O–H groups in total. The minimum absolute atomic E-state index is 0.892. The Bertz CT molecular complexity index is 465. The molecule has 4 nitrogen and oxygen atoms in total. The zero-order valence-electron chi connectivity index (χ0n) is 10.8. The number of nitrogens with one attached hydrogen (secondary N) is 1. The first-order valence-electron chi connectivity index (χ1n) is 6.02. The Labute approximate surface area is 108 Å². The maximum atomic E-state index is 4.38. The summed E-state index contributed by atoms with van der Waals surface area (Å²) in [6.45, 7) is 1.88. The van der Waals surface area contributed by atoms with Crippen molar-refractivity contribution in [2.24, 2.45) is 0 Å². The van der Waals surface area contributed by atoms with E-state index < -0.39 is 0 Å². The van der Waals surface area contributed by atoms with Gasteiger partial charge in [0.15, 0.2) is 0 Å². The SMILES string of the molecule is CN(C)CCNc1ccc(-c2ccccn2)cn1. The highest BCUT2D eigenvalue weighted by Gasteiger charge is 1.99. The van der Waals surface area contributed by atoms with Crippen LogP contribution in [0.3, 0.4) is 0 Å². The van der Waals surface area contributed by atoms with E-state index >= 15 is 0 Å². The molecule has 94 valence electrons. The molecular formula is C14H18N4. The van der Waals surface area contributed by atoms with E-state index in [1.165, 1.54) is 0 Å². The molecule has 0 aliphatic heterocycles. The lowest BCUT2D eigenvalue weighted by Gasteiger charge is -2.10. The van der Waals surface area contributed by atoms with Crippen LogP contribution < -0.4 is 5.32 Å². The Hall–Kier alpha value is -1.94. The normalized spacial score (nSPS) is 10.6. The second-order valence-electron chi connectivity index (χ2n) is 4.38. The number of rotatable bonds is 5. The van der Waals surface area contributed by atoms with Crippen molar-refractivity contribution in [3.05, 3.63) is 42.7 Å². The van der Waals surface area contributed by atoms with Crippen molar-refractivity contribution in [2.75, 3.05) is 32.5 Å². The zero-order valence-corrected chi connectivity index (χ0v) is 10.8. The fourth-order valence-corrected chi connectivity index (χ4v) is 1.59. The van der Waals surface area contributed by atoms with Crippen LogP contribution in [0.4, 0.5) is 5.82 Å². The molecule has 0 saturated heterocycles. The summed E-state index contributed by atoms with van der Waals surface area (Å²) < 4.78 is 0. The molecule has 0 aromatic carbocycles. The van der Waals surface area contributed by atoms with Gasteiger partial charge in [0.05, 0.1) is 5.69 Å². The molecule has 0 radical (unpaired) electrons. The minimum Gasteiger partial charge on any atom is -0.369 e. The molecule has 0 amide bonds. The van der Waals surface area contributed by atoms with E-state index in [4.69, 9.17) is 0 Å². The fraction of sp³-hybridized carbons (Fsp3) is 0.286. The Kier molecular flexibility index (Phi) is 4.25. The van der Waals surface area contributed by atoms with Crippen molar-refractivity contribution in [1.82, 2.24) is 14.9 Å². The van der Waals surface area contributed by atoms with E-state index in [2.05, 4.69) is 34.3 Å². The molecule has 0 aliphatic carbocycles. The Morgan fingerprint density at radius 1 is 1.11 bits per heavy atom. The third kappa shape index (κ3) is 3.53. The first-order valence-corrected chi connectivity index (χ1v) is 6.02. The second kappa shape index (κ2) is 6.12. The van der Waals surface area contributed by atoms with Crippen molar-refractivity contribution < 1.29 is 0 Å². The Balaban J connectivity index is 1.98. The lowest BCUT2D eigenvalue weighted by Crippen LogP contribution is -2.21. The van der Waals surface area contributed by atoms with Crippen molar-refractivity contribution >= 4 is 5.82 Å². The van der Waals surface area contributed by atoms with Crippen LogP contribution in [0.5, 0.6) is 0 Å². The summed E-state index contributed by atoms with van der Waals surface area (Å²) in [5, 5.41) is 3.28. The molecule has 0 aliphatic rings. The standard InChI is InChI=1S/C14H18N4/c1-18(2)10-9-16-14-7-6-12(11-17-14)13-5-3-4-8-15-13/h3-8,11H,9-10H2,1-2H3,(H,16,17). The maximum absolute atomic E-state index is 4.38. The molecule has 2 aromatic heterocycles. The summed E-state index contributed by atoms with van der Waals surface area (Å²) in [7, 11) is 4.11. The van der Waals surface area contributed by atoms with Crippen molar-refractivity contribution in [3.63, 3.8) is 0 Å². The van der Waals surface area contributed by atoms with E-state index in [0.29, 0.717) is 0 Å². The maximum Gasteiger partial charge on any atom is 0.125 e. The van der Waals surface area contributed by atoms with Gasteiger partial charge < -0.3 is 10.2 Å². The van der Waals surface area contributed by atoms with Gasteiger partial charge >= 0.3 is 0 Å². The molecule has 4 heteroatoms. The lowest BCUT2D eigenvalue weighted by atomic mass is 10.2. The highest BCUT2D eigenvalue weighted by molar-refractivity contribution is 5.59. The van der Waals surface area contributed by atoms with Gasteiger partial charge in [-0.25, -0.2) is 4.98 Å². The summed E-state index contributed by atoms with van der Waals surface area (Å²) in [5.41, 5.74) is 1.98. The second-order valence-corrected chi connectivity index (χ2v) is 4.38. The highest BCUT2D eigenvalue weighted by atomic mass is 15.1. The van der Waals surface area contributed by atoms with Crippen molar-refractivity contribution in [1.29, 1.82) is 0 Å². The van der Waals surface area contributed by atoms with Crippen LogP contribution in [0, 0.1) is 0 Å². The lowest BCUT2D eigenvalue weighted by molar-refractivity contribution is 0.425. The third-order valence-corrected chi connectivity index (χ3v) is 2.59. The number of hydrogen-bond acceptors (Lipinski definition) is 4. The van der Waals surface area contributed by atoms with E-state index in [1.807, 2.05) is 36.5 Å². The number of anilines is 1. The summed E-state index contributed by atoms with van der Waals surface area (Å²) >= 11 is 0. The molecule has 0 fully saturated rings. The quantitative estimate of drug-likeness (QED) is 0.872. The first-order chi connectivity index (χ1) is 8.75. The summed E-state index contributed by atoms with van der Waals surface area (Å²) in [4.78, 5) is 10.8. The van der Waals surface area contributed by atoms with Crippen LogP contribution in [0.2, 0.25) is 0 Å². The molecule has 0 atom stereocenters. The van der Waals surface area contributed by atoms with E-state index in [-0.39, 0.29) is 0 Å². The molecule has 18 heavy (non-hydrogen) atoms. The monoisotopic (exact) mass is 242 g/mol. The fourth-order valence-electron chi connectivity index (χ4n) is 1.59. The van der Waals surface area contributed by atoms with Gasteiger partial charge in [-0.15, -0.1) is 0 Å². The van der Waals surface area contributed by atoms with Gasteiger partial charge in [-0.1, -0.05) is 6.07 Å². The molecule has 2 heterocycles. The van der Waals surface area contributed by atoms with Crippen LogP contribution >= 0.6 is 0 Å². The number of likely N-dealkylation sites (N-methyl/N-ethyl adjacent to an activating group) is 1. The summed E-state index contributed by atoms with van der Waals surface area (Å²) in [6.07, 6.45) is 3.64. The average Bonchev–Trinajstić information content (AvgIpc) is 2.40. The highest BCUT2D eigenvalue weighted by Crippen LogP contribution is 2.16. The van der Waals surface area contributed by atoms with Crippen LogP contribution in [-0.2, 0) is 0 Å². The van der Waals surface area contributed by atoms with Gasteiger partial charge in [-0.2, -0.15) is 0 Å². The van der Waals surface area contributed by atoms with Crippen LogP contribution in [0.25, 0.3) is 11.3 Å². The molecule has 0 saturated carbocycles. The largest absolute Gasteiger partial charge is 0.369 e. The van der Waals surface area contributed by atoms with Crippen molar-refractivity contribution in [2.45, 2.75) is 0 Å². The molecule has 0 bridgehead atoms. The number of hydrogen-bond donors (Lipinski definition) is 1. The summed E-state index contributed by atoms with van der Waals surface area (Å²) in [6, 6.07) is 9.89. The smallest absolute Gasteiger partial charge is 0.125 e. The Morgan fingerprint density at radius 3 is 2.61 bits per heavy atom. The predicted molar refractivity (Wildman–Crippen MR) is 74.5 cm³/mol. The van der Waals surface area contributed by atoms with Gasteiger partial charge in [0.2, 0.25) is 0 Å². The number of pyridine rings is 2. The molecule has 0 unspecified atom stereocenters. The van der Waals surface area contributed by atoms with Gasteiger partial charge in [-0.3, -0.25) is 4.98 Å². The molecule has 2 aromatic rings. The van der Waals surface area contributed by atoms with Gasteiger partial charge in [-0.05, 0) is 38.4 Å². The van der Waals surface area contributed by atoms with Gasteiger partial charge in [0, 0.05) is 31.0 Å². The van der Waals surface area contributed by atoms with E-state index in [0.717, 1.165) is 30.2 Å². The number of nitrogens with zero attached hydrogens (tertiary/aromatic N) is 3. The minimum atomic E-state index is 0.892. The van der Waals surface area contributed by atoms with Gasteiger partial charge in [0.25, 0.3) is 0 Å². The third-order valence-electron chi connectivity index (χ3n) is 2.59. The first kappa shape index (κ1) is 12.5. The average molecular weight is 242 g/mol. The Morgan fingerprint density at radius 2 is 2.00 bits per heavy atom. The van der Waals surface area contributed by atoms with E-state index in [1.54, 1.807) is 6.20 Å². The topological polar surface area (TPSA) is 41.0 Å². The van der Waals surface area contributed by atoms with Gasteiger partial charge in [0.1, 0.15) is 5.82 Å². The molecule has 0 spiro atoms. The van der Waals surface area contributed by atoms with E-state index in [9.17, 15) is 0 Å². The summed E-state index contributed by atoms with van der Waals surface area (Å²) in [5.74, 6) is 0.900. The van der Waals surface area contributed by atoms with Crippen molar-refractivity contribution in [3.8, 4) is 11.3 Å². The zero-order chi connectivity index (χ0) is 12.8. The molecular weight excluding hydrogens is 224 g/mol. The van der Waals surface area contributed by atoms with Crippen LogP contribution in [-0.4, -0.2) is 42.1 Å². The van der Waals surface area contributed by atoms with Crippen LogP contribution in [0.15, 0.2) is 42.7 Å². The number of aromatic nitrogens is 2.